The van der Waals surface area contributed by atoms with Crippen molar-refractivity contribution in [1.82, 2.24) is 20.2 Å². The summed E-state index contributed by atoms with van der Waals surface area (Å²) in [7, 11) is 4.64. The van der Waals surface area contributed by atoms with Crippen LogP contribution in [0.2, 0.25) is 0 Å². The number of rotatable bonds is 5. The smallest absolute Gasteiger partial charge is 0.250 e. The number of amidine groups is 1. The molecule has 11 nitrogen and oxygen atoms in total. The van der Waals surface area contributed by atoms with Crippen LogP contribution in [0.3, 0.4) is 0 Å². The molecule has 1 aliphatic rings. The van der Waals surface area contributed by atoms with Crippen LogP contribution in [0.4, 0.5) is 0 Å². The number of nitrogens with two attached hydrogens (primary N) is 1. The Morgan fingerprint density at radius 2 is 1.88 bits per heavy atom. The summed E-state index contributed by atoms with van der Waals surface area (Å²) in [5, 5.41) is 19.9. The maximum Gasteiger partial charge on any atom is 0.250 e. The summed E-state index contributed by atoms with van der Waals surface area (Å²) in [5.74, 6) is 2.83. The van der Waals surface area contributed by atoms with Gasteiger partial charge < -0.3 is 19.9 Å². The van der Waals surface area contributed by atoms with Crippen LogP contribution >= 0.6 is 0 Å². The standard InChI is InChI=1S/C15H18N8O3/c1-24-10-4-9(5-11(25-2)14(10)26-3)7-17-21-15-22-19-12(16)6-13-20-18-8-23(13)15/h4-5,7-8H,6H2,1-3H3,(H2,16,19)(H,21,22). The molecule has 1 aliphatic heterocycles. The van der Waals surface area contributed by atoms with E-state index >= 15 is 0 Å². The summed E-state index contributed by atoms with van der Waals surface area (Å²) in [6, 6.07) is 3.53. The Labute approximate surface area is 149 Å². The Morgan fingerprint density at radius 1 is 1.15 bits per heavy atom. The van der Waals surface area contributed by atoms with Gasteiger partial charge in [-0.25, -0.2) is 5.43 Å². The van der Waals surface area contributed by atoms with E-state index in [0.717, 1.165) is 5.56 Å². The van der Waals surface area contributed by atoms with Crippen molar-refractivity contribution in [3.8, 4) is 17.2 Å². The largest absolute Gasteiger partial charge is 0.493 e. The van der Waals surface area contributed by atoms with Crippen molar-refractivity contribution in [3.05, 3.63) is 29.8 Å². The van der Waals surface area contributed by atoms with Gasteiger partial charge in [0.05, 0.1) is 34.0 Å². The zero-order chi connectivity index (χ0) is 18.5. The normalized spacial score (nSPS) is 13.5. The van der Waals surface area contributed by atoms with E-state index in [2.05, 4.69) is 30.9 Å². The molecule has 0 amide bonds. The third-order valence-electron chi connectivity index (χ3n) is 3.52. The van der Waals surface area contributed by atoms with Crippen molar-refractivity contribution in [2.75, 3.05) is 21.3 Å². The molecule has 3 rings (SSSR count). The second kappa shape index (κ2) is 7.51. The van der Waals surface area contributed by atoms with Crippen LogP contribution in [0.5, 0.6) is 17.2 Å². The molecule has 0 fully saturated rings. The van der Waals surface area contributed by atoms with Gasteiger partial charge in [-0.2, -0.15) is 5.10 Å². The number of hydrogen-bond donors (Lipinski definition) is 2. The molecule has 26 heavy (non-hydrogen) atoms. The second-order valence-corrected chi connectivity index (χ2v) is 5.14. The van der Waals surface area contributed by atoms with E-state index in [0.29, 0.717) is 41.3 Å². The van der Waals surface area contributed by atoms with Crippen molar-refractivity contribution in [2.24, 2.45) is 21.0 Å². The first kappa shape index (κ1) is 17.2. The van der Waals surface area contributed by atoms with Crippen LogP contribution in [0.25, 0.3) is 0 Å². The Balaban J connectivity index is 1.83. The monoisotopic (exact) mass is 358 g/mol. The van der Waals surface area contributed by atoms with Crippen molar-refractivity contribution in [1.29, 1.82) is 0 Å². The minimum atomic E-state index is 0.328. The van der Waals surface area contributed by atoms with Gasteiger partial charge in [-0.3, -0.25) is 4.57 Å². The number of methoxy groups -OCH3 is 3. The Bertz CT molecular complexity index is 862. The van der Waals surface area contributed by atoms with Crippen molar-refractivity contribution >= 4 is 18.0 Å². The fourth-order valence-corrected chi connectivity index (χ4v) is 2.33. The minimum absolute atomic E-state index is 0.328. The summed E-state index contributed by atoms with van der Waals surface area (Å²) in [6.07, 6.45) is 3.44. The highest BCUT2D eigenvalue weighted by atomic mass is 16.5. The van der Waals surface area contributed by atoms with Crippen LogP contribution < -0.4 is 25.4 Å². The van der Waals surface area contributed by atoms with Crippen LogP contribution in [-0.4, -0.2) is 54.1 Å². The number of nitrogens with one attached hydrogen (secondary N) is 1. The Morgan fingerprint density at radius 3 is 2.54 bits per heavy atom. The van der Waals surface area contributed by atoms with Crippen molar-refractivity contribution in [3.63, 3.8) is 0 Å². The predicted octanol–water partition coefficient (Wildman–Crippen LogP) is -0.0400. The third-order valence-corrected chi connectivity index (χ3v) is 3.52. The average Bonchev–Trinajstić information content (AvgIpc) is 3.05. The van der Waals surface area contributed by atoms with Crippen molar-refractivity contribution < 1.29 is 14.2 Å². The highest BCUT2D eigenvalue weighted by Gasteiger charge is 2.15. The van der Waals surface area contributed by atoms with Crippen LogP contribution in [-0.2, 0) is 6.42 Å². The lowest BCUT2D eigenvalue weighted by Crippen LogP contribution is -2.27. The van der Waals surface area contributed by atoms with Gasteiger partial charge in [-0.1, -0.05) is 0 Å². The van der Waals surface area contributed by atoms with E-state index in [-0.39, 0.29) is 0 Å². The molecule has 0 aliphatic carbocycles. The van der Waals surface area contributed by atoms with Gasteiger partial charge in [-0.05, 0) is 12.1 Å². The van der Waals surface area contributed by atoms with Crippen LogP contribution in [0, 0.1) is 0 Å². The molecule has 136 valence electrons. The van der Waals surface area contributed by atoms with E-state index in [1.165, 1.54) is 6.33 Å². The SMILES string of the molecule is COc1cc(C=NNC2=NN=C(N)Cc3nncn32)cc(OC)c1OC. The molecule has 0 unspecified atom stereocenters. The topological polar surface area (TPSA) is 134 Å². The Hall–Kier alpha value is -3.63. The van der Waals surface area contributed by atoms with Gasteiger partial charge in [0.1, 0.15) is 18.0 Å². The molecule has 2 heterocycles. The van der Waals surface area contributed by atoms with E-state index < -0.39 is 0 Å². The van der Waals surface area contributed by atoms with Gasteiger partial charge in [0.2, 0.25) is 5.75 Å². The zero-order valence-electron chi connectivity index (χ0n) is 14.5. The first-order valence-corrected chi connectivity index (χ1v) is 7.54. The summed E-state index contributed by atoms with van der Waals surface area (Å²) >= 11 is 0. The molecule has 1 aromatic heterocycles. The van der Waals surface area contributed by atoms with Gasteiger partial charge in [0.25, 0.3) is 5.96 Å². The van der Waals surface area contributed by atoms with Gasteiger partial charge in [0.15, 0.2) is 11.5 Å². The van der Waals surface area contributed by atoms with Crippen LogP contribution in [0.1, 0.15) is 11.4 Å². The summed E-state index contributed by atoms with van der Waals surface area (Å²) in [4.78, 5) is 0. The lowest BCUT2D eigenvalue weighted by atomic mass is 10.2. The summed E-state index contributed by atoms with van der Waals surface area (Å²) in [5.41, 5.74) is 9.27. The second-order valence-electron chi connectivity index (χ2n) is 5.14. The highest BCUT2D eigenvalue weighted by Crippen LogP contribution is 2.37. The number of benzene rings is 1. The quantitative estimate of drug-likeness (QED) is 0.566. The number of hydrazone groups is 1. The zero-order valence-corrected chi connectivity index (χ0v) is 14.5. The molecule has 0 bridgehead atoms. The molecule has 0 atom stereocenters. The van der Waals surface area contributed by atoms with E-state index in [4.69, 9.17) is 19.9 Å². The van der Waals surface area contributed by atoms with Crippen LogP contribution in [0.15, 0.2) is 33.8 Å². The molecule has 0 spiro atoms. The molecule has 2 aromatic rings. The maximum absolute atomic E-state index is 5.74. The maximum atomic E-state index is 5.74. The Kier molecular flexibility index (Phi) is 4.97. The number of hydrogen-bond acceptors (Lipinski definition) is 10. The van der Waals surface area contributed by atoms with Gasteiger partial charge in [0, 0.05) is 5.56 Å². The van der Waals surface area contributed by atoms with Gasteiger partial charge >= 0.3 is 0 Å². The lowest BCUT2D eigenvalue weighted by Gasteiger charge is -2.12. The number of ether oxygens (including phenoxy) is 3. The lowest BCUT2D eigenvalue weighted by molar-refractivity contribution is 0.324. The molecule has 0 saturated heterocycles. The van der Waals surface area contributed by atoms with E-state index in [1.54, 1.807) is 44.2 Å². The first-order valence-electron chi connectivity index (χ1n) is 7.54. The van der Waals surface area contributed by atoms with Crippen molar-refractivity contribution in [2.45, 2.75) is 6.42 Å². The molecular weight excluding hydrogens is 340 g/mol. The fourth-order valence-electron chi connectivity index (χ4n) is 2.33. The summed E-state index contributed by atoms with van der Waals surface area (Å²) in [6.45, 7) is 0. The summed E-state index contributed by atoms with van der Waals surface area (Å²) < 4.78 is 17.5. The highest BCUT2D eigenvalue weighted by molar-refractivity contribution is 5.90. The number of aromatic nitrogens is 3. The molecule has 1 aromatic carbocycles. The van der Waals surface area contributed by atoms with Gasteiger partial charge in [-0.15, -0.1) is 20.4 Å². The fraction of sp³-hybridized carbons (Fsp3) is 0.267. The molecular formula is C15H18N8O3. The molecule has 0 radical (unpaired) electrons. The predicted molar refractivity (Wildman–Crippen MR) is 95.0 cm³/mol. The average molecular weight is 358 g/mol. The van der Waals surface area contributed by atoms with E-state index in [9.17, 15) is 0 Å². The number of fused-ring (bicyclic) bond motifs is 1. The number of nitrogens with zero attached hydrogens (tertiary/aromatic N) is 6. The minimum Gasteiger partial charge on any atom is -0.493 e. The first-order chi connectivity index (χ1) is 12.7. The molecule has 0 saturated carbocycles. The van der Waals surface area contributed by atoms with E-state index in [1.807, 2.05) is 0 Å². The molecule has 3 N–H and O–H groups in total. The molecule has 11 heteroatoms. The third kappa shape index (κ3) is 3.41.